The van der Waals surface area contributed by atoms with Crippen LogP contribution in [-0.2, 0) is 11.0 Å². The van der Waals surface area contributed by atoms with E-state index in [0.717, 1.165) is 6.07 Å². The fraction of sp³-hybridized carbons (Fsp3) is 0.417. The third-order valence-corrected chi connectivity index (χ3v) is 3.01. The number of carbonyl (C=O) groups excluding carboxylic acids is 1. The molecule has 0 aliphatic heterocycles. The summed E-state index contributed by atoms with van der Waals surface area (Å²) in [6.07, 6.45) is -2.97. The number of benzene rings is 1. The van der Waals surface area contributed by atoms with Gasteiger partial charge in [0.1, 0.15) is 11.6 Å². The Balaban J connectivity index is 2.34. The lowest BCUT2D eigenvalue weighted by Crippen LogP contribution is -2.10. The zero-order chi connectivity index (χ0) is 12.6. The lowest BCUT2D eigenvalue weighted by Gasteiger charge is -2.12. The molecule has 0 heterocycles. The Labute approximate surface area is 95.4 Å². The maximum atomic E-state index is 13.3. The van der Waals surface area contributed by atoms with Gasteiger partial charge in [0.2, 0.25) is 0 Å². The molecule has 1 nitrogen and oxygen atoms in total. The third kappa shape index (κ3) is 2.33. The van der Waals surface area contributed by atoms with E-state index in [1.165, 1.54) is 6.07 Å². The molecule has 1 aliphatic carbocycles. The van der Waals surface area contributed by atoms with Crippen molar-refractivity contribution in [3.63, 3.8) is 0 Å². The molecule has 0 N–H and O–H groups in total. The number of alkyl halides is 3. The number of hydrogen-bond donors (Lipinski definition) is 0. The van der Waals surface area contributed by atoms with Crippen molar-refractivity contribution in [2.75, 3.05) is 0 Å². The Kier molecular flexibility index (Phi) is 2.93. The Morgan fingerprint density at radius 2 is 1.94 bits per heavy atom. The van der Waals surface area contributed by atoms with Gasteiger partial charge >= 0.3 is 6.18 Å². The molecule has 17 heavy (non-hydrogen) atoms. The second kappa shape index (κ2) is 4.13. The summed E-state index contributed by atoms with van der Waals surface area (Å²) >= 11 is 0. The largest absolute Gasteiger partial charge is 0.419 e. The van der Waals surface area contributed by atoms with Crippen molar-refractivity contribution in [3.8, 4) is 0 Å². The zero-order valence-electron chi connectivity index (χ0n) is 8.85. The molecular weight excluding hydrogens is 236 g/mol. The van der Waals surface area contributed by atoms with Crippen LogP contribution in [0.1, 0.15) is 36.3 Å². The number of ketones is 1. The van der Waals surface area contributed by atoms with Crippen molar-refractivity contribution in [1.29, 1.82) is 0 Å². The smallest absolute Gasteiger partial charge is 0.299 e. The van der Waals surface area contributed by atoms with Crippen LogP contribution in [0.2, 0.25) is 0 Å². The van der Waals surface area contributed by atoms with Crippen LogP contribution in [0.3, 0.4) is 0 Å². The summed E-state index contributed by atoms with van der Waals surface area (Å²) in [6.45, 7) is 0. The molecule has 1 fully saturated rings. The van der Waals surface area contributed by atoms with Gasteiger partial charge in [-0.25, -0.2) is 4.39 Å². The minimum atomic E-state index is -4.69. The second-order valence-electron chi connectivity index (χ2n) is 4.15. The second-order valence-corrected chi connectivity index (χ2v) is 4.15. The van der Waals surface area contributed by atoms with E-state index in [1.54, 1.807) is 0 Å². The van der Waals surface area contributed by atoms with Crippen molar-refractivity contribution in [1.82, 2.24) is 0 Å². The van der Waals surface area contributed by atoms with Crippen LogP contribution < -0.4 is 0 Å². The van der Waals surface area contributed by atoms with Gasteiger partial charge in [0.05, 0.1) is 5.56 Å². The Bertz CT molecular complexity index is 450. The highest BCUT2D eigenvalue weighted by molar-refractivity contribution is 5.87. The average molecular weight is 246 g/mol. The molecule has 1 unspecified atom stereocenters. The first-order valence-electron chi connectivity index (χ1n) is 5.29. The normalized spacial score (nSPS) is 20.9. The average Bonchev–Trinajstić information content (AvgIpc) is 2.62. The fourth-order valence-electron chi connectivity index (χ4n) is 2.15. The van der Waals surface area contributed by atoms with Crippen molar-refractivity contribution < 1.29 is 22.4 Å². The maximum Gasteiger partial charge on any atom is 0.419 e. The molecule has 5 heteroatoms. The molecule has 1 atom stereocenters. The highest BCUT2D eigenvalue weighted by Crippen LogP contribution is 2.35. The molecule has 1 aliphatic rings. The lowest BCUT2D eigenvalue weighted by molar-refractivity contribution is -0.140. The predicted octanol–water partition coefficient (Wildman–Crippen LogP) is 3.68. The maximum absolute atomic E-state index is 13.3. The van der Waals surface area contributed by atoms with Gasteiger partial charge in [-0.15, -0.1) is 0 Å². The van der Waals surface area contributed by atoms with E-state index in [9.17, 15) is 22.4 Å². The van der Waals surface area contributed by atoms with E-state index >= 15 is 0 Å². The summed E-state index contributed by atoms with van der Waals surface area (Å²) < 4.78 is 50.3. The SMILES string of the molecule is O=C1CCCC1c1ccc(C(F)(F)F)c(F)c1. The van der Waals surface area contributed by atoms with Gasteiger partial charge in [-0.2, -0.15) is 13.2 Å². The van der Waals surface area contributed by atoms with Crippen molar-refractivity contribution >= 4 is 5.78 Å². The molecule has 1 aromatic carbocycles. The summed E-state index contributed by atoms with van der Waals surface area (Å²) in [6, 6.07) is 2.73. The van der Waals surface area contributed by atoms with Gasteiger partial charge in [0.25, 0.3) is 0 Å². The lowest BCUT2D eigenvalue weighted by atomic mass is 9.95. The molecule has 0 spiro atoms. The standard InChI is InChI=1S/C12H10F4O/c13-10-6-7(8-2-1-3-11(8)17)4-5-9(10)12(14,15)16/h4-6,8H,1-3H2. The van der Waals surface area contributed by atoms with Crippen LogP contribution in [0.15, 0.2) is 18.2 Å². The predicted molar refractivity (Wildman–Crippen MR) is 53.0 cm³/mol. The topological polar surface area (TPSA) is 17.1 Å². The van der Waals surface area contributed by atoms with E-state index in [2.05, 4.69) is 0 Å². The Morgan fingerprint density at radius 1 is 1.24 bits per heavy atom. The first kappa shape index (κ1) is 12.1. The van der Waals surface area contributed by atoms with Gasteiger partial charge < -0.3 is 0 Å². The van der Waals surface area contributed by atoms with Crippen LogP contribution >= 0.6 is 0 Å². The highest BCUT2D eigenvalue weighted by Gasteiger charge is 2.35. The van der Waals surface area contributed by atoms with Gasteiger partial charge in [0, 0.05) is 12.3 Å². The molecule has 92 valence electrons. The summed E-state index contributed by atoms with van der Waals surface area (Å²) in [5.41, 5.74) is -0.940. The van der Waals surface area contributed by atoms with Gasteiger partial charge in [0.15, 0.2) is 0 Å². The van der Waals surface area contributed by atoms with Crippen LogP contribution in [0.5, 0.6) is 0 Å². The van der Waals surface area contributed by atoms with Crippen molar-refractivity contribution in [3.05, 3.63) is 35.1 Å². The molecule has 0 amide bonds. The Morgan fingerprint density at radius 3 is 2.41 bits per heavy atom. The number of rotatable bonds is 1. The van der Waals surface area contributed by atoms with E-state index < -0.39 is 23.5 Å². The first-order valence-corrected chi connectivity index (χ1v) is 5.29. The number of carbonyl (C=O) groups is 1. The Hall–Kier alpha value is -1.39. The van der Waals surface area contributed by atoms with Crippen LogP contribution in [0, 0.1) is 5.82 Å². The van der Waals surface area contributed by atoms with Crippen molar-refractivity contribution in [2.45, 2.75) is 31.4 Å². The quantitative estimate of drug-likeness (QED) is 0.691. The molecule has 0 radical (unpaired) electrons. The molecule has 1 aromatic rings. The number of hydrogen-bond acceptors (Lipinski definition) is 1. The van der Waals surface area contributed by atoms with Gasteiger partial charge in [-0.3, -0.25) is 4.79 Å². The minimum absolute atomic E-state index is 0.0239. The monoisotopic (exact) mass is 246 g/mol. The zero-order valence-corrected chi connectivity index (χ0v) is 8.85. The van der Waals surface area contributed by atoms with E-state index in [0.29, 0.717) is 30.9 Å². The molecule has 2 rings (SSSR count). The third-order valence-electron chi connectivity index (χ3n) is 3.01. The molecular formula is C12H10F4O. The first-order chi connectivity index (χ1) is 7.89. The fourth-order valence-corrected chi connectivity index (χ4v) is 2.15. The summed E-state index contributed by atoms with van der Waals surface area (Å²) in [5.74, 6) is -1.77. The number of halogens is 4. The minimum Gasteiger partial charge on any atom is -0.299 e. The van der Waals surface area contributed by atoms with E-state index in [-0.39, 0.29) is 5.78 Å². The van der Waals surface area contributed by atoms with Crippen molar-refractivity contribution in [2.24, 2.45) is 0 Å². The molecule has 0 saturated heterocycles. The molecule has 0 bridgehead atoms. The number of Topliss-reactive ketones (excluding diaryl/α,β-unsaturated/α-hetero) is 1. The van der Waals surface area contributed by atoms with E-state index in [4.69, 9.17) is 0 Å². The van der Waals surface area contributed by atoms with Gasteiger partial charge in [-0.1, -0.05) is 6.07 Å². The van der Waals surface area contributed by atoms with Crippen LogP contribution in [-0.4, -0.2) is 5.78 Å². The van der Waals surface area contributed by atoms with E-state index in [1.807, 2.05) is 0 Å². The van der Waals surface area contributed by atoms with Crippen LogP contribution in [0.25, 0.3) is 0 Å². The summed E-state index contributed by atoms with van der Waals surface area (Å²) in [7, 11) is 0. The summed E-state index contributed by atoms with van der Waals surface area (Å²) in [5, 5.41) is 0. The molecule has 0 aromatic heterocycles. The molecule has 1 saturated carbocycles. The summed E-state index contributed by atoms with van der Waals surface area (Å²) in [4.78, 5) is 11.4. The van der Waals surface area contributed by atoms with Crippen LogP contribution in [0.4, 0.5) is 17.6 Å². The highest BCUT2D eigenvalue weighted by atomic mass is 19.4. The van der Waals surface area contributed by atoms with Gasteiger partial charge in [-0.05, 0) is 30.5 Å².